The van der Waals surface area contributed by atoms with E-state index < -0.39 is 11.7 Å². The second kappa shape index (κ2) is 4.37. The molecule has 1 aliphatic heterocycles. The maximum atomic E-state index is 12.5. The van der Waals surface area contributed by atoms with Crippen LogP contribution in [0.3, 0.4) is 0 Å². The van der Waals surface area contributed by atoms with Crippen LogP contribution in [-0.4, -0.2) is 24.1 Å². The monoisotopic (exact) mass is 271 g/mol. The lowest BCUT2D eigenvalue weighted by Gasteiger charge is -2.20. The third kappa shape index (κ3) is 2.29. The fourth-order valence-electron chi connectivity index (χ4n) is 3.24. The molecule has 3 unspecified atom stereocenters. The molecule has 1 aromatic heterocycles. The molecule has 1 saturated heterocycles. The van der Waals surface area contributed by atoms with Gasteiger partial charge in [0, 0.05) is 25.3 Å². The minimum atomic E-state index is -4.32. The highest BCUT2D eigenvalue weighted by Gasteiger charge is 2.41. The molecular formula is C13H16F3N3. The second-order valence-corrected chi connectivity index (χ2v) is 5.47. The average molecular weight is 271 g/mol. The summed E-state index contributed by atoms with van der Waals surface area (Å²) in [5.74, 6) is 1.65. The van der Waals surface area contributed by atoms with Gasteiger partial charge in [0.2, 0.25) is 0 Å². The predicted octanol–water partition coefficient (Wildman–Crippen LogP) is 2.27. The summed E-state index contributed by atoms with van der Waals surface area (Å²) in [4.78, 5) is 5.99. The lowest BCUT2D eigenvalue weighted by atomic mass is 9.98. The maximum absolute atomic E-state index is 12.5. The first-order valence-electron chi connectivity index (χ1n) is 6.49. The van der Waals surface area contributed by atoms with Gasteiger partial charge in [0.15, 0.2) is 0 Å². The Balaban J connectivity index is 1.74. The first-order chi connectivity index (χ1) is 8.95. The number of hydrogen-bond acceptors (Lipinski definition) is 3. The summed E-state index contributed by atoms with van der Waals surface area (Å²) in [6.45, 7) is 1.67. The Labute approximate surface area is 109 Å². The number of rotatable bonds is 1. The number of nitrogens with zero attached hydrogens (tertiary/aromatic N) is 2. The second-order valence-electron chi connectivity index (χ2n) is 5.47. The van der Waals surface area contributed by atoms with Gasteiger partial charge >= 0.3 is 6.18 Å². The van der Waals surface area contributed by atoms with E-state index in [0.717, 1.165) is 38.2 Å². The molecule has 2 fully saturated rings. The number of pyridine rings is 1. The molecule has 0 spiro atoms. The number of anilines is 1. The normalized spacial score (nSPS) is 30.7. The third-order valence-electron chi connectivity index (χ3n) is 4.31. The number of fused-ring (bicyclic) bond motifs is 1. The van der Waals surface area contributed by atoms with E-state index in [1.807, 2.05) is 0 Å². The van der Waals surface area contributed by atoms with E-state index in [1.54, 1.807) is 0 Å². The molecule has 6 heteroatoms. The SMILES string of the molecule is NC1CCC2CN(c3ccc(C(F)(F)F)cn3)CC12. The molecular weight excluding hydrogens is 255 g/mol. The molecule has 1 saturated carbocycles. The largest absolute Gasteiger partial charge is 0.417 e. The molecule has 104 valence electrons. The van der Waals surface area contributed by atoms with Crippen LogP contribution in [0.2, 0.25) is 0 Å². The Morgan fingerprint density at radius 1 is 1.21 bits per heavy atom. The topological polar surface area (TPSA) is 42.1 Å². The molecule has 19 heavy (non-hydrogen) atoms. The standard InChI is InChI=1S/C13H16F3N3/c14-13(15,16)9-2-4-12(18-5-9)19-6-8-1-3-11(17)10(8)7-19/h2,4-5,8,10-11H,1,3,6-7,17H2. The van der Waals surface area contributed by atoms with Crippen molar-refractivity contribution in [2.45, 2.75) is 25.1 Å². The van der Waals surface area contributed by atoms with Crippen LogP contribution < -0.4 is 10.6 Å². The number of aromatic nitrogens is 1. The highest BCUT2D eigenvalue weighted by atomic mass is 19.4. The van der Waals surface area contributed by atoms with Gasteiger partial charge in [-0.15, -0.1) is 0 Å². The molecule has 1 aliphatic carbocycles. The zero-order valence-electron chi connectivity index (χ0n) is 10.4. The number of alkyl halides is 3. The molecule has 2 aliphatic rings. The van der Waals surface area contributed by atoms with Crippen LogP contribution in [0.4, 0.5) is 19.0 Å². The van der Waals surface area contributed by atoms with Gasteiger partial charge in [0.25, 0.3) is 0 Å². The minimum Gasteiger partial charge on any atom is -0.356 e. The summed E-state index contributed by atoms with van der Waals surface area (Å²) >= 11 is 0. The number of nitrogens with two attached hydrogens (primary N) is 1. The highest BCUT2D eigenvalue weighted by Crippen LogP contribution is 2.39. The van der Waals surface area contributed by atoms with Gasteiger partial charge in [-0.25, -0.2) is 4.98 Å². The fraction of sp³-hybridized carbons (Fsp3) is 0.615. The average Bonchev–Trinajstić information content (AvgIpc) is 2.91. The van der Waals surface area contributed by atoms with E-state index in [9.17, 15) is 13.2 Å². The quantitative estimate of drug-likeness (QED) is 0.852. The van der Waals surface area contributed by atoms with Gasteiger partial charge < -0.3 is 10.6 Å². The van der Waals surface area contributed by atoms with Crippen molar-refractivity contribution in [1.29, 1.82) is 0 Å². The van der Waals surface area contributed by atoms with Crippen LogP contribution in [0.15, 0.2) is 18.3 Å². The molecule has 2 heterocycles. The van der Waals surface area contributed by atoms with Crippen LogP contribution in [0.1, 0.15) is 18.4 Å². The Hall–Kier alpha value is -1.30. The van der Waals surface area contributed by atoms with Crippen molar-refractivity contribution in [2.75, 3.05) is 18.0 Å². The Morgan fingerprint density at radius 2 is 2.00 bits per heavy atom. The molecule has 2 N–H and O–H groups in total. The summed E-state index contributed by atoms with van der Waals surface area (Å²) in [6.07, 6.45) is -1.24. The maximum Gasteiger partial charge on any atom is 0.417 e. The zero-order valence-corrected chi connectivity index (χ0v) is 10.4. The van der Waals surface area contributed by atoms with Gasteiger partial charge in [-0.3, -0.25) is 0 Å². The van der Waals surface area contributed by atoms with Crippen LogP contribution in [0, 0.1) is 11.8 Å². The summed E-state index contributed by atoms with van der Waals surface area (Å²) < 4.78 is 37.4. The fourth-order valence-corrected chi connectivity index (χ4v) is 3.24. The molecule has 0 amide bonds. The smallest absolute Gasteiger partial charge is 0.356 e. The van der Waals surface area contributed by atoms with E-state index >= 15 is 0 Å². The molecule has 0 radical (unpaired) electrons. The van der Waals surface area contributed by atoms with Crippen molar-refractivity contribution in [2.24, 2.45) is 17.6 Å². The van der Waals surface area contributed by atoms with Gasteiger partial charge in [-0.1, -0.05) is 0 Å². The van der Waals surface area contributed by atoms with Crippen molar-refractivity contribution >= 4 is 5.82 Å². The molecule has 3 atom stereocenters. The molecule has 0 bridgehead atoms. The van der Waals surface area contributed by atoms with Crippen molar-refractivity contribution in [3.63, 3.8) is 0 Å². The van der Waals surface area contributed by atoms with Gasteiger partial charge in [-0.2, -0.15) is 13.2 Å². The lowest BCUT2D eigenvalue weighted by molar-refractivity contribution is -0.137. The molecule has 0 aromatic carbocycles. The third-order valence-corrected chi connectivity index (χ3v) is 4.31. The van der Waals surface area contributed by atoms with Crippen LogP contribution in [-0.2, 0) is 6.18 Å². The van der Waals surface area contributed by atoms with E-state index in [0.29, 0.717) is 17.7 Å². The Kier molecular flexibility index (Phi) is 2.92. The van der Waals surface area contributed by atoms with Crippen LogP contribution in [0.25, 0.3) is 0 Å². The van der Waals surface area contributed by atoms with E-state index in [2.05, 4.69) is 9.88 Å². The molecule has 3 nitrogen and oxygen atoms in total. The van der Waals surface area contributed by atoms with Crippen molar-refractivity contribution < 1.29 is 13.2 Å². The zero-order chi connectivity index (χ0) is 13.6. The molecule has 3 rings (SSSR count). The summed E-state index contributed by atoms with van der Waals surface area (Å²) in [5.41, 5.74) is 5.34. The Morgan fingerprint density at radius 3 is 2.58 bits per heavy atom. The summed E-state index contributed by atoms with van der Waals surface area (Å²) in [6, 6.07) is 2.77. The lowest BCUT2D eigenvalue weighted by Crippen LogP contribution is -2.30. The summed E-state index contributed by atoms with van der Waals surface area (Å²) in [5, 5.41) is 0. The number of hydrogen-bond donors (Lipinski definition) is 1. The van der Waals surface area contributed by atoms with Crippen molar-refractivity contribution in [3.8, 4) is 0 Å². The predicted molar refractivity (Wildman–Crippen MR) is 65.6 cm³/mol. The highest BCUT2D eigenvalue weighted by molar-refractivity contribution is 5.41. The van der Waals surface area contributed by atoms with E-state index in [4.69, 9.17) is 5.73 Å². The van der Waals surface area contributed by atoms with Crippen molar-refractivity contribution in [1.82, 2.24) is 4.98 Å². The summed E-state index contributed by atoms with van der Waals surface area (Å²) in [7, 11) is 0. The van der Waals surface area contributed by atoms with Gasteiger partial charge in [0.05, 0.1) is 5.56 Å². The Bertz CT molecular complexity index is 457. The molecule has 1 aromatic rings. The van der Waals surface area contributed by atoms with Gasteiger partial charge in [-0.05, 0) is 36.8 Å². The van der Waals surface area contributed by atoms with Crippen molar-refractivity contribution in [3.05, 3.63) is 23.9 Å². The minimum absolute atomic E-state index is 0.226. The first-order valence-corrected chi connectivity index (χ1v) is 6.49. The van der Waals surface area contributed by atoms with E-state index in [-0.39, 0.29) is 6.04 Å². The van der Waals surface area contributed by atoms with E-state index in [1.165, 1.54) is 6.07 Å². The van der Waals surface area contributed by atoms with Crippen LogP contribution in [0.5, 0.6) is 0 Å². The first kappa shape index (κ1) is 12.7. The van der Waals surface area contributed by atoms with Gasteiger partial charge in [0.1, 0.15) is 5.82 Å². The number of halogens is 3. The van der Waals surface area contributed by atoms with Crippen LogP contribution >= 0.6 is 0 Å².